The number of halogens is 2. The van der Waals surface area contributed by atoms with Gasteiger partial charge in [0.2, 0.25) is 5.91 Å². The third kappa shape index (κ3) is 6.27. The maximum atomic E-state index is 11.8. The number of carbonyl (C=O) groups excluding carboxylic acids is 1. The Hall–Kier alpha value is -0.780. The Morgan fingerprint density at radius 1 is 1.58 bits per heavy atom. The van der Waals surface area contributed by atoms with E-state index in [9.17, 15) is 4.79 Å². The maximum Gasteiger partial charge on any atom is 0.221 e. The lowest BCUT2D eigenvalue weighted by Crippen LogP contribution is -2.38. The van der Waals surface area contributed by atoms with Crippen LogP contribution in [0.3, 0.4) is 0 Å². The molecule has 1 aliphatic rings. The predicted molar refractivity (Wildman–Crippen MR) is 80.0 cm³/mol. The quantitative estimate of drug-likeness (QED) is 0.864. The number of carbonyl (C=O) groups is 1. The van der Waals surface area contributed by atoms with Gasteiger partial charge < -0.3 is 15.2 Å². The summed E-state index contributed by atoms with van der Waals surface area (Å²) in [6.07, 6.45) is 8.31. The fraction of sp³-hybridized carbons (Fsp3) is 0.667. The number of nitrogens with zero attached hydrogens (tertiary/aromatic N) is 2. The standard InChI is InChI=1S/C12H20N4O.2ClH/c1-10(8-16-6-5-13-9-16)15-12(17)7-11-3-2-4-14-11;;/h5-6,9-11,14H,2-4,7-8H2,1H3,(H,15,17);2*1H. The van der Waals surface area contributed by atoms with Crippen LogP contribution in [-0.4, -0.2) is 34.1 Å². The molecule has 5 nitrogen and oxygen atoms in total. The fourth-order valence-corrected chi connectivity index (χ4v) is 2.25. The van der Waals surface area contributed by atoms with Gasteiger partial charge in [-0.1, -0.05) is 0 Å². The van der Waals surface area contributed by atoms with Crippen molar-refractivity contribution >= 4 is 30.7 Å². The van der Waals surface area contributed by atoms with E-state index in [4.69, 9.17) is 0 Å². The molecule has 1 aromatic rings. The van der Waals surface area contributed by atoms with Gasteiger partial charge in [-0.25, -0.2) is 4.98 Å². The van der Waals surface area contributed by atoms with Crippen molar-refractivity contribution in [3.63, 3.8) is 0 Å². The third-order valence-electron chi connectivity index (χ3n) is 3.05. The van der Waals surface area contributed by atoms with Crippen LogP contribution in [0.4, 0.5) is 0 Å². The number of imidazole rings is 1. The van der Waals surface area contributed by atoms with E-state index in [1.165, 1.54) is 6.42 Å². The molecule has 0 radical (unpaired) electrons. The van der Waals surface area contributed by atoms with Crippen LogP contribution in [-0.2, 0) is 11.3 Å². The summed E-state index contributed by atoms with van der Waals surface area (Å²) in [6, 6.07) is 0.508. The van der Waals surface area contributed by atoms with Crippen LogP contribution in [0.1, 0.15) is 26.2 Å². The first-order chi connectivity index (χ1) is 8.24. The first-order valence-electron chi connectivity index (χ1n) is 6.22. The molecule has 1 amide bonds. The summed E-state index contributed by atoms with van der Waals surface area (Å²) in [6.45, 7) is 3.83. The number of hydrogen-bond donors (Lipinski definition) is 2. The molecule has 1 saturated heterocycles. The molecule has 1 aliphatic heterocycles. The highest BCUT2D eigenvalue weighted by atomic mass is 35.5. The molecule has 1 aromatic heterocycles. The van der Waals surface area contributed by atoms with Crippen molar-refractivity contribution in [1.29, 1.82) is 0 Å². The van der Waals surface area contributed by atoms with E-state index >= 15 is 0 Å². The SMILES string of the molecule is CC(Cn1ccnc1)NC(=O)CC1CCCN1.Cl.Cl. The molecule has 0 aliphatic carbocycles. The lowest BCUT2D eigenvalue weighted by Gasteiger charge is -2.16. The summed E-state index contributed by atoms with van der Waals surface area (Å²) in [5.41, 5.74) is 0. The van der Waals surface area contributed by atoms with E-state index < -0.39 is 0 Å². The van der Waals surface area contributed by atoms with E-state index in [0.29, 0.717) is 12.5 Å². The highest BCUT2D eigenvalue weighted by Crippen LogP contribution is 2.08. The largest absolute Gasteiger partial charge is 0.352 e. The monoisotopic (exact) mass is 308 g/mol. The van der Waals surface area contributed by atoms with Crippen molar-refractivity contribution in [3.8, 4) is 0 Å². The average molecular weight is 309 g/mol. The van der Waals surface area contributed by atoms with Crippen LogP contribution >= 0.6 is 24.8 Å². The molecular weight excluding hydrogens is 287 g/mol. The van der Waals surface area contributed by atoms with E-state index in [-0.39, 0.29) is 36.8 Å². The highest BCUT2D eigenvalue weighted by Gasteiger charge is 2.18. The Balaban J connectivity index is 0.00000162. The molecule has 7 heteroatoms. The molecule has 0 spiro atoms. The van der Waals surface area contributed by atoms with Crippen LogP contribution in [0, 0.1) is 0 Å². The van der Waals surface area contributed by atoms with Gasteiger partial charge in [-0.3, -0.25) is 4.79 Å². The number of nitrogens with one attached hydrogen (secondary N) is 2. The molecule has 2 unspecified atom stereocenters. The summed E-state index contributed by atoms with van der Waals surface area (Å²) in [5, 5.41) is 6.35. The minimum Gasteiger partial charge on any atom is -0.352 e. The van der Waals surface area contributed by atoms with Gasteiger partial charge in [0.25, 0.3) is 0 Å². The lowest BCUT2D eigenvalue weighted by molar-refractivity contribution is -0.122. The zero-order valence-electron chi connectivity index (χ0n) is 11.0. The van der Waals surface area contributed by atoms with Gasteiger partial charge in [0.15, 0.2) is 0 Å². The molecule has 0 bridgehead atoms. The summed E-state index contributed by atoms with van der Waals surface area (Å²) in [4.78, 5) is 15.7. The van der Waals surface area contributed by atoms with Gasteiger partial charge in [-0.2, -0.15) is 0 Å². The smallest absolute Gasteiger partial charge is 0.221 e. The van der Waals surface area contributed by atoms with Crippen molar-refractivity contribution in [3.05, 3.63) is 18.7 Å². The van der Waals surface area contributed by atoms with Gasteiger partial charge in [0, 0.05) is 37.4 Å². The minimum atomic E-state index is 0. The van der Waals surface area contributed by atoms with E-state index in [1.807, 2.05) is 17.7 Å². The first-order valence-corrected chi connectivity index (χ1v) is 6.22. The van der Waals surface area contributed by atoms with Gasteiger partial charge in [0.1, 0.15) is 0 Å². The number of rotatable bonds is 5. The van der Waals surface area contributed by atoms with E-state index in [0.717, 1.165) is 19.5 Å². The third-order valence-corrected chi connectivity index (χ3v) is 3.05. The molecule has 2 heterocycles. The van der Waals surface area contributed by atoms with E-state index in [1.54, 1.807) is 12.5 Å². The first kappa shape index (κ1) is 18.2. The molecular formula is C12H22Cl2N4O. The predicted octanol–water partition coefficient (Wildman–Crippen LogP) is 1.37. The van der Waals surface area contributed by atoms with Crippen LogP contribution in [0.5, 0.6) is 0 Å². The second-order valence-corrected chi connectivity index (χ2v) is 4.73. The van der Waals surface area contributed by atoms with Crippen LogP contribution in [0.15, 0.2) is 18.7 Å². The number of aromatic nitrogens is 2. The summed E-state index contributed by atoms with van der Waals surface area (Å²) >= 11 is 0. The summed E-state index contributed by atoms with van der Waals surface area (Å²) < 4.78 is 1.97. The Labute approximate surface area is 126 Å². The Morgan fingerprint density at radius 2 is 2.37 bits per heavy atom. The molecule has 1 fully saturated rings. The zero-order chi connectivity index (χ0) is 12.1. The van der Waals surface area contributed by atoms with Crippen LogP contribution in [0.2, 0.25) is 0 Å². The van der Waals surface area contributed by atoms with Crippen molar-refractivity contribution in [2.45, 2.75) is 44.8 Å². The molecule has 0 saturated carbocycles. The molecule has 0 aromatic carbocycles. The van der Waals surface area contributed by atoms with E-state index in [2.05, 4.69) is 15.6 Å². The summed E-state index contributed by atoms with van der Waals surface area (Å²) in [5.74, 6) is 0.136. The topological polar surface area (TPSA) is 59.0 Å². The van der Waals surface area contributed by atoms with Crippen molar-refractivity contribution in [2.75, 3.05) is 6.54 Å². The normalized spacial score (nSPS) is 19.1. The zero-order valence-corrected chi connectivity index (χ0v) is 12.7. The van der Waals surface area contributed by atoms with Gasteiger partial charge in [0.05, 0.1) is 6.33 Å². The van der Waals surface area contributed by atoms with Gasteiger partial charge in [-0.05, 0) is 26.3 Å². The second kappa shape index (κ2) is 9.18. The molecule has 2 rings (SSSR count). The Bertz CT molecular complexity index is 353. The van der Waals surface area contributed by atoms with Crippen molar-refractivity contribution in [1.82, 2.24) is 20.2 Å². The maximum absolute atomic E-state index is 11.8. The lowest BCUT2D eigenvalue weighted by atomic mass is 10.1. The summed E-state index contributed by atoms with van der Waals surface area (Å²) in [7, 11) is 0. The van der Waals surface area contributed by atoms with Crippen molar-refractivity contribution in [2.24, 2.45) is 0 Å². The minimum absolute atomic E-state index is 0. The van der Waals surface area contributed by atoms with Crippen molar-refractivity contribution < 1.29 is 4.79 Å². The second-order valence-electron chi connectivity index (χ2n) is 4.73. The van der Waals surface area contributed by atoms with Gasteiger partial charge in [-0.15, -0.1) is 24.8 Å². The van der Waals surface area contributed by atoms with Gasteiger partial charge >= 0.3 is 0 Å². The fourth-order valence-electron chi connectivity index (χ4n) is 2.25. The Kier molecular flexibility index (Phi) is 8.80. The molecule has 2 atom stereocenters. The Morgan fingerprint density at radius 3 is 2.95 bits per heavy atom. The highest BCUT2D eigenvalue weighted by molar-refractivity contribution is 5.85. The molecule has 2 N–H and O–H groups in total. The number of amides is 1. The molecule has 19 heavy (non-hydrogen) atoms. The van der Waals surface area contributed by atoms with Crippen LogP contribution in [0.25, 0.3) is 0 Å². The average Bonchev–Trinajstić information content (AvgIpc) is 2.90. The van der Waals surface area contributed by atoms with Crippen LogP contribution < -0.4 is 10.6 Å². The number of hydrogen-bond acceptors (Lipinski definition) is 3. The molecule has 110 valence electrons.